The van der Waals surface area contributed by atoms with Gasteiger partial charge in [-0.05, 0) is 31.3 Å². The summed E-state index contributed by atoms with van der Waals surface area (Å²) in [6, 6.07) is 9.03. The Labute approximate surface area is 73.9 Å². The number of benzene rings is 1. The van der Waals surface area contributed by atoms with E-state index in [0.29, 0.717) is 0 Å². The summed E-state index contributed by atoms with van der Waals surface area (Å²) in [5, 5.41) is 0. The minimum Gasteiger partial charge on any atom is -0.330 e. The molecule has 0 aliphatic carbocycles. The number of hydrogen-bond acceptors (Lipinski definition) is 1. The highest BCUT2D eigenvalue weighted by Gasteiger charge is 1.89. The minimum atomic E-state index is -2.00. The molecule has 0 aromatic heterocycles. The van der Waals surface area contributed by atoms with E-state index in [4.69, 9.17) is 11.2 Å². The van der Waals surface area contributed by atoms with Crippen molar-refractivity contribution in [1.82, 2.24) is 0 Å². The number of hydrogen-bond donors (Lipinski definition) is 1. The zero-order valence-electron chi connectivity index (χ0n) is 10.4. The molecule has 60 valence electrons. The fraction of sp³-hybridized carbons (Fsp3) is 0.400. The van der Waals surface area contributed by atoms with Crippen molar-refractivity contribution in [1.29, 1.82) is 0 Å². The lowest BCUT2D eigenvalue weighted by molar-refractivity contribution is 0.745. The van der Waals surface area contributed by atoms with Crippen molar-refractivity contribution in [2.75, 3.05) is 6.54 Å². The molecule has 1 nitrogen and oxygen atoms in total. The van der Waals surface area contributed by atoms with Gasteiger partial charge in [-0.3, -0.25) is 0 Å². The zero-order valence-corrected chi connectivity index (χ0v) is 6.38. The number of rotatable bonds is 4. The first-order valence-electron chi connectivity index (χ1n) is 5.63. The predicted molar refractivity (Wildman–Crippen MR) is 48.4 cm³/mol. The van der Waals surface area contributed by atoms with Gasteiger partial charge in [-0.1, -0.05) is 30.3 Å². The highest BCUT2D eigenvalue weighted by molar-refractivity contribution is 5.14. The average molecular weight is 153 g/mol. The van der Waals surface area contributed by atoms with E-state index in [1.54, 1.807) is 12.1 Å². The Hall–Kier alpha value is -0.820. The summed E-state index contributed by atoms with van der Waals surface area (Å²) in [6.45, 7) is -0.313. The van der Waals surface area contributed by atoms with Crippen molar-refractivity contribution in [2.24, 2.45) is 5.73 Å². The van der Waals surface area contributed by atoms with Crippen molar-refractivity contribution in [2.45, 2.75) is 19.2 Å². The smallest absolute Gasteiger partial charge is 0.0280 e. The lowest BCUT2D eigenvalue weighted by atomic mass is 10.1. The molecule has 0 radical (unpaired) electrons. The van der Waals surface area contributed by atoms with Gasteiger partial charge in [0.15, 0.2) is 0 Å². The monoisotopic (exact) mass is 153 g/mol. The molecule has 0 amide bonds. The van der Waals surface area contributed by atoms with E-state index < -0.39 is 12.7 Å². The molecule has 0 fully saturated rings. The maximum atomic E-state index is 7.68. The second-order valence-electron chi connectivity index (χ2n) is 2.22. The average Bonchev–Trinajstić information content (AvgIpc) is 2.18. The Kier molecular flexibility index (Phi) is 1.91. The molecular formula is C10H15N. The second kappa shape index (κ2) is 4.91. The normalized spacial score (nSPS) is 17.9. The van der Waals surface area contributed by atoms with E-state index in [2.05, 4.69) is 0 Å². The van der Waals surface area contributed by atoms with Crippen molar-refractivity contribution >= 4 is 0 Å². The molecule has 0 atom stereocenters. The van der Waals surface area contributed by atoms with Crippen LogP contribution in [-0.2, 0) is 6.42 Å². The largest absolute Gasteiger partial charge is 0.330 e. The van der Waals surface area contributed by atoms with E-state index in [9.17, 15) is 0 Å². The van der Waals surface area contributed by atoms with Crippen molar-refractivity contribution in [3.8, 4) is 0 Å². The van der Waals surface area contributed by atoms with Crippen molar-refractivity contribution < 1.29 is 5.48 Å². The maximum Gasteiger partial charge on any atom is 0.0280 e. The molecule has 0 saturated heterocycles. The van der Waals surface area contributed by atoms with Gasteiger partial charge in [0.1, 0.15) is 0 Å². The van der Waals surface area contributed by atoms with Crippen LogP contribution in [0.25, 0.3) is 0 Å². The standard InChI is InChI=1S/C10H15N/c11-9-5-4-8-10-6-2-1-3-7-10/h1-3,6-7H,4-5,8-9,11H2/i4D2,5D2. The molecule has 11 heavy (non-hydrogen) atoms. The third-order valence-corrected chi connectivity index (χ3v) is 1.36. The Balaban J connectivity index is 2.81. The SMILES string of the molecule is [2H]C([2H])(CN)C([2H])([2H])Cc1ccccc1. The summed E-state index contributed by atoms with van der Waals surface area (Å²) in [6.07, 6.45) is -3.90. The van der Waals surface area contributed by atoms with Gasteiger partial charge in [-0.25, -0.2) is 0 Å². The Morgan fingerprint density at radius 3 is 2.55 bits per heavy atom. The van der Waals surface area contributed by atoms with E-state index in [0.717, 1.165) is 5.56 Å². The third-order valence-electron chi connectivity index (χ3n) is 1.36. The van der Waals surface area contributed by atoms with Gasteiger partial charge in [0.05, 0.1) is 0 Å². The molecule has 0 unspecified atom stereocenters. The molecule has 0 aliphatic heterocycles. The molecule has 1 aromatic rings. The molecule has 0 bridgehead atoms. The summed E-state index contributed by atoms with van der Waals surface area (Å²) in [5.41, 5.74) is 6.01. The van der Waals surface area contributed by atoms with Crippen LogP contribution in [0.4, 0.5) is 0 Å². The van der Waals surface area contributed by atoms with Crippen LogP contribution in [0.1, 0.15) is 23.8 Å². The summed E-state index contributed by atoms with van der Waals surface area (Å²) < 4.78 is 30.3. The zero-order chi connectivity index (χ0) is 11.5. The maximum absolute atomic E-state index is 7.68. The highest BCUT2D eigenvalue weighted by atomic mass is 14.5. The summed E-state index contributed by atoms with van der Waals surface area (Å²) >= 11 is 0. The highest BCUT2D eigenvalue weighted by Crippen LogP contribution is 2.03. The second-order valence-corrected chi connectivity index (χ2v) is 2.22. The molecular weight excluding hydrogens is 134 g/mol. The molecule has 0 heterocycles. The topological polar surface area (TPSA) is 26.0 Å². The quantitative estimate of drug-likeness (QED) is 0.703. The van der Waals surface area contributed by atoms with Crippen LogP contribution in [0, 0.1) is 0 Å². The third kappa shape index (κ3) is 3.19. The Morgan fingerprint density at radius 2 is 1.91 bits per heavy atom. The first-order chi connectivity index (χ1) is 6.89. The van der Waals surface area contributed by atoms with Gasteiger partial charge in [0.2, 0.25) is 0 Å². The number of aryl methyl sites for hydroxylation is 1. The fourth-order valence-electron chi connectivity index (χ4n) is 0.833. The fourth-order valence-corrected chi connectivity index (χ4v) is 0.833. The van der Waals surface area contributed by atoms with Gasteiger partial charge in [-0.2, -0.15) is 0 Å². The first-order valence-corrected chi connectivity index (χ1v) is 3.63. The molecule has 2 N–H and O–H groups in total. The van der Waals surface area contributed by atoms with Crippen LogP contribution in [0.5, 0.6) is 0 Å². The van der Waals surface area contributed by atoms with Crippen LogP contribution in [0.15, 0.2) is 30.3 Å². The Bertz CT molecular complexity index is 310. The molecule has 0 spiro atoms. The first kappa shape index (κ1) is 4.27. The van der Waals surface area contributed by atoms with Crippen LogP contribution in [-0.4, -0.2) is 6.54 Å². The van der Waals surface area contributed by atoms with Crippen LogP contribution in [0.2, 0.25) is 0 Å². The van der Waals surface area contributed by atoms with Crippen LogP contribution < -0.4 is 5.73 Å². The van der Waals surface area contributed by atoms with Crippen LogP contribution in [0.3, 0.4) is 0 Å². The van der Waals surface area contributed by atoms with Gasteiger partial charge in [-0.15, -0.1) is 0 Å². The number of nitrogens with two attached hydrogens (primary N) is 1. The van der Waals surface area contributed by atoms with Gasteiger partial charge < -0.3 is 5.73 Å². The summed E-state index contributed by atoms with van der Waals surface area (Å²) in [7, 11) is 0. The Morgan fingerprint density at radius 1 is 1.18 bits per heavy atom. The molecule has 0 saturated carbocycles. The minimum absolute atomic E-state index is 0.0397. The summed E-state index contributed by atoms with van der Waals surface area (Å²) in [5.74, 6) is 0. The molecule has 1 heteroatoms. The van der Waals surface area contributed by atoms with Crippen molar-refractivity contribution in [3.05, 3.63) is 35.9 Å². The molecule has 1 rings (SSSR count). The van der Waals surface area contributed by atoms with Crippen molar-refractivity contribution in [3.63, 3.8) is 0 Å². The van der Waals surface area contributed by atoms with E-state index in [1.165, 1.54) is 0 Å². The van der Waals surface area contributed by atoms with Gasteiger partial charge >= 0.3 is 0 Å². The molecule has 0 aliphatic rings. The van der Waals surface area contributed by atoms with Gasteiger partial charge in [0, 0.05) is 5.48 Å². The van der Waals surface area contributed by atoms with E-state index >= 15 is 0 Å². The van der Waals surface area contributed by atoms with Crippen LogP contribution >= 0.6 is 0 Å². The summed E-state index contributed by atoms with van der Waals surface area (Å²) in [4.78, 5) is 0. The van der Waals surface area contributed by atoms with E-state index in [1.807, 2.05) is 18.2 Å². The lowest BCUT2D eigenvalue weighted by Gasteiger charge is -1.98. The van der Waals surface area contributed by atoms with E-state index in [-0.39, 0.29) is 13.0 Å². The predicted octanol–water partition coefficient (Wildman–Crippen LogP) is 1.97. The molecule has 1 aromatic carbocycles. The van der Waals surface area contributed by atoms with Gasteiger partial charge in [0.25, 0.3) is 0 Å². The lowest BCUT2D eigenvalue weighted by Crippen LogP contribution is -1.98.